The molecule has 0 radical (unpaired) electrons. The van der Waals surface area contributed by atoms with Crippen LogP contribution in [-0.2, 0) is 0 Å². The van der Waals surface area contributed by atoms with Crippen LogP contribution in [0.2, 0.25) is 0 Å². The van der Waals surface area contributed by atoms with Gasteiger partial charge in [0.2, 0.25) is 0 Å². The number of benzene rings is 2. The first kappa shape index (κ1) is 18.9. The van der Waals surface area contributed by atoms with E-state index in [1.807, 2.05) is 17.5 Å². The van der Waals surface area contributed by atoms with Crippen molar-refractivity contribution in [3.63, 3.8) is 0 Å². The van der Waals surface area contributed by atoms with Crippen molar-refractivity contribution in [1.29, 1.82) is 5.26 Å². The van der Waals surface area contributed by atoms with Crippen molar-refractivity contribution in [3.05, 3.63) is 75.7 Å². The SMILES string of the molecule is Cc1ccc(-c2csc(/C(C#N)=C\Nc3ccc(C(C)C)cc3)n2)c(C)c1. The Morgan fingerprint density at radius 2 is 1.89 bits per heavy atom. The molecule has 4 heteroatoms. The molecular formula is C23H23N3S. The van der Waals surface area contributed by atoms with Gasteiger partial charge >= 0.3 is 0 Å². The van der Waals surface area contributed by atoms with Crippen LogP contribution in [0.1, 0.15) is 41.5 Å². The number of anilines is 1. The minimum Gasteiger partial charge on any atom is -0.360 e. The van der Waals surface area contributed by atoms with Crippen LogP contribution in [-0.4, -0.2) is 4.98 Å². The lowest BCUT2D eigenvalue weighted by Gasteiger charge is -2.07. The molecule has 0 atom stereocenters. The highest BCUT2D eigenvalue weighted by Crippen LogP contribution is 2.28. The molecule has 0 amide bonds. The Morgan fingerprint density at radius 1 is 1.15 bits per heavy atom. The van der Waals surface area contributed by atoms with E-state index in [0.717, 1.165) is 22.0 Å². The molecule has 0 unspecified atom stereocenters. The maximum absolute atomic E-state index is 9.55. The van der Waals surface area contributed by atoms with Crippen LogP contribution in [0.25, 0.3) is 16.8 Å². The molecule has 136 valence electrons. The van der Waals surface area contributed by atoms with Crippen molar-refractivity contribution < 1.29 is 0 Å². The second-order valence-electron chi connectivity index (χ2n) is 6.95. The van der Waals surface area contributed by atoms with Crippen LogP contribution in [0.4, 0.5) is 5.69 Å². The lowest BCUT2D eigenvalue weighted by Crippen LogP contribution is -1.93. The number of hydrogen-bond donors (Lipinski definition) is 1. The summed E-state index contributed by atoms with van der Waals surface area (Å²) in [5, 5.41) is 15.5. The van der Waals surface area contributed by atoms with E-state index in [9.17, 15) is 5.26 Å². The van der Waals surface area contributed by atoms with Gasteiger partial charge in [0, 0.05) is 22.8 Å². The highest BCUT2D eigenvalue weighted by molar-refractivity contribution is 7.11. The van der Waals surface area contributed by atoms with Crippen molar-refractivity contribution in [1.82, 2.24) is 4.98 Å². The Bertz CT molecular complexity index is 1000. The van der Waals surface area contributed by atoms with E-state index in [1.54, 1.807) is 6.20 Å². The third kappa shape index (κ3) is 4.45. The molecular weight excluding hydrogens is 350 g/mol. The molecule has 3 aromatic rings. The van der Waals surface area contributed by atoms with Gasteiger partial charge in [0.15, 0.2) is 0 Å². The molecule has 0 aliphatic heterocycles. The van der Waals surface area contributed by atoms with Crippen molar-refractivity contribution in [2.75, 3.05) is 5.32 Å². The van der Waals surface area contributed by atoms with Crippen LogP contribution in [0, 0.1) is 25.2 Å². The second kappa shape index (κ2) is 8.20. The van der Waals surface area contributed by atoms with E-state index >= 15 is 0 Å². The Kier molecular flexibility index (Phi) is 5.73. The fourth-order valence-electron chi connectivity index (χ4n) is 2.88. The number of rotatable bonds is 5. The zero-order chi connectivity index (χ0) is 19.4. The standard InChI is InChI=1S/C23H23N3S/c1-15(2)18-6-8-20(9-7-18)25-13-19(12-24)23-26-22(14-27-23)21-10-5-16(3)11-17(21)4/h5-11,13-15,25H,1-4H3/b19-13-. The highest BCUT2D eigenvalue weighted by atomic mass is 32.1. The van der Waals surface area contributed by atoms with Crippen molar-refractivity contribution in [3.8, 4) is 17.3 Å². The summed E-state index contributed by atoms with van der Waals surface area (Å²) in [6.07, 6.45) is 1.73. The van der Waals surface area contributed by atoms with Gasteiger partial charge in [0.05, 0.1) is 5.69 Å². The van der Waals surface area contributed by atoms with Crippen molar-refractivity contribution in [2.45, 2.75) is 33.6 Å². The molecule has 0 fully saturated rings. The largest absolute Gasteiger partial charge is 0.360 e. The molecule has 1 N–H and O–H groups in total. The van der Waals surface area contributed by atoms with Gasteiger partial charge in [0.1, 0.15) is 16.6 Å². The maximum atomic E-state index is 9.55. The van der Waals surface area contributed by atoms with Crippen LogP contribution < -0.4 is 5.32 Å². The number of nitrogens with zero attached hydrogens (tertiary/aromatic N) is 2. The zero-order valence-corrected chi connectivity index (χ0v) is 16.9. The Morgan fingerprint density at radius 3 is 2.52 bits per heavy atom. The topological polar surface area (TPSA) is 48.7 Å². The average Bonchev–Trinajstić information content (AvgIpc) is 3.12. The Labute approximate surface area is 165 Å². The van der Waals surface area contributed by atoms with Gasteiger partial charge in [-0.2, -0.15) is 5.26 Å². The van der Waals surface area contributed by atoms with Gasteiger partial charge in [-0.05, 0) is 43.0 Å². The maximum Gasteiger partial charge on any atom is 0.136 e. The second-order valence-corrected chi connectivity index (χ2v) is 7.81. The molecule has 0 aliphatic rings. The fraction of sp³-hybridized carbons (Fsp3) is 0.217. The smallest absolute Gasteiger partial charge is 0.136 e. The van der Waals surface area contributed by atoms with Gasteiger partial charge in [-0.1, -0.05) is 49.7 Å². The van der Waals surface area contributed by atoms with E-state index in [-0.39, 0.29) is 0 Å². The molecule has 3 nitrogen and oxygen atoms in total. The van der Waals surface area contributed by atoms with E-state index in [2.05, 4.69) is 74.4 Å². The lowest BCUT2D eigenvalue weighted by atomic mass is 10.0. The molecule has 0 aliphatic carbocycles. The number of aromatic nitrogens is 1. The molecule has 0 saturated heterocycles. The fourth-order valence-corrected chi connectivity index (χ4v) is 3.67. The molecule has 2 aromatic carbocycles. The summed E-state index contributed by atoms with van der Waals surface area (Å²) in [6, 6.07) is 16.9. The van der Waals surface area contributed by atoms with Crippen LogP contribution >= 0.6 is 11.3 Å². The van der Waals surface area contributed by atoms with Crippen molar-refractivity contribution >= 4 is 22.6 Å². The van der Waals surface area contributed by atoms with E-state index in [0.29, 0.717) is 11.5 Å². The van der Waals surface area contributed by atoms with E-state index < -0.39 is 0 Å². The predicted molar refractivity (Wildman–Crippen MR) is 115 cm³/mol. The summed E-state index contributed by atoms with van der Waals surface area (Å²) in [5.41, 5.74) is 7.23. The normalized spacial score (nSPS) is 11.5. The summed E-state index contributed by atoms with van der Waals surface area (Å²) in [5.74, 6) is 0.503. The average molecular weight is 374 g/mol. The number of hydrogen-bond acceptors (Lipinski definition) is 4. The van der Waals surface area contributed by atoms with Gasteiger partial charge in [-0.3, -0.25) is 0 Å². The number of thiazole rings is 1. The highest BCUT2D eigenvalue weighted by Gasteiger charge is 2.10. The molecule has 0 bridgehead atoms. The monoisotopic (exact) mass is 373 g/mol. The van der Waals surface area contributed by atoms with E-state index in [4.69, 9.17) is 0 Å². The minimum atomic E-state index is 0.503. The zero-order valence-electron chi connectivity index (χ0n) is 16.1. The van der Waals surface area contributed by atoms with Gasteiger partial charge < -0.3 is 5.32 Å². The first-order valence-corrected chi connectivity index (χ1v) is 9.86. The quantitative estimate of drug-likeness (QED) is 0.517. The molecule has 0 spiro atoms. The van der Waals surface area contributed by atoms with Crippen LogP contribution in [0.3, 0.4) is 0 Å². The summed E-state index contributed by atoms with van der Waals surface area (Å²) in [6.45, 7) is 8.52. The van der Waals surface area contributed by atoms with Gasteiger partial charge in [-0.25, -0.2) is 4.98 Å². The molecule has 0 saturated carbocycles. The molecule has 1 aromatic heterocycles. The van der Waals surface area contributed by atoms with Crippen LogP contribution in [0.15, 0.2) is 54.0 Å². The number of nitrogens with one attached hydrogen (secondary N) is 1. The summed E-state index contributed by atoms with van der Waals surface area (Å²) in [4.78, 5) is 4.68. The van der Waals surface area contributed by atoms with Crippen molar-refractivity contribution in [2.24, 2.45) is 0 Å². The first-order valence-electron chi connectivity index (χ1n) is 8.98. The minimum absolute atomic E-state index is 0.503. The molecule has 27 heavy (non-hydrogen) atoms. The predicted octanol–water partition coefficient (Wildman–Crippen LogP) is 6.53. The summed E-state index contributed by atoms with van der Waals surface area (Å²) >= 11 is 1.49. The number of aryl methyl sites for hydroxylation is 2. The Hall–Kier alpha value is -2.90. The summed E-state index contributed by atoms with van der Waals surface area (Å²) < 4.78 is 0. The first-order chi connectivity index (χ1) is 13.0. The van der Waals surface area contributed by atoms with Gasteiger partial charge in [-0.15, -0.1) is 11.3 Å². The third-order valence-electron chi connectivity index (χ3n) is 4.47. The Balaban J connectivity index is 1.81. The van der Waals surface area contributed by atoms with Crippen LogP contribution in [0.5, 0.6) is 0 Å². The molecule has 3 rings (SSSR count). The lowest BCUT2D eigenvalue weighted by molar-refractivity contribution is 0.867. The number of nitriles is 1. The molecule has 1 heterocycles. The van der Waals surface area contributed by atoms with Gasteiger partial charge in [0.25, 0.3) is 0 Å². The third-order valence-corrected chi connectivity index (χ3v) is 5.35. The van der Waals surface area contributed by atoms with E-state index in [1.165, 1.54) is 28.0 Å². The number of allylic oxidation sites excluding steroid dienone is 1. The summed E-state index contributed by atoms with van der Waals surface area (Å²) in [7, 11) is 0.